The maximum absolute atomic E-state index is 12.3. The summed E-state index contributed by atoms with van der Waals surface area (Å²) in [7, 11) is 0. The molecule has 0 aromatic heterocycles. The van der Waals surface area contributed by atoms with Gasteiger partial charge in [-0.15, -0.1) is 13.2 Å². The molecule has 0 bridgehead atoms. The van der Waals surface area contributed by atoms with Gasteiger partial charge in [0.25, 0.3) is 0 Å². The molecule has 1 aliphatic heterocycles. The number of guanidine groups is 1. The molecule has 0 aliphatic carbocycles. The van der Waals surface area contributed by atoms with Crippen LogP contribution in [0.5, 0.6) is 0 Å². The number of carbonyl (C=O) groups excluding carboxylic acids is 3. The quantitative estimate of drug-likeness (QED) is 0.506. The van der Waals surface area contributed by atoms with Gasteiger partial charge in [0.2, 0.25) is 17.8 Å². The number of hydrogen-bond donors (Lipinski definition) is 3. The lowest BCUT2D eigenvalue weighted by Gasteiger charge is -2.33. The Hall–Kier alpha value is -2.44. The molecule has 7 nitrogen and oxygen atoms in total. The zero-order chi connectivity index (χ0) is 16.8. The number of carbonyl (C=O) groups is 3. The standard InChI is InChI=1S/C15H22N4O3/c1-5-7-15(8-6-2)11(20)17-13(18-12(15)21)19-14(22)16-9-10(3)4/h5-6,10H,1-2,7-9H2,3-4H3,(H3,16,17,18,19,20,21,22). The Labute approximate surface area is 129 Å². The van der Waals surface area contributed by atoms with Crippen LogP contribution < -0.4 is 16.0 Å². The van der Waals surface area contributed by atoms with Crippen molar-refractivity contribution < 1.29 is 14.4 Å². The van der Waals surface area contributed by atoms with Crippen LogP contribution in [-0.4, -0.2) is 30.3 Å². The molecule has 0 atom stereocenters. The fraction of sp³-hybridized carbons (Fsp3) is 0.467. The van der Waals surface area contributed by atoms with E-state index in [1.54, 1.807) is 0 Å². The van der Waals surface area contributed by atoms with Gasteiger partial charge in [-0.2, -0.15) is 4.99 Å². The van der Waals surface area contributed by atoms with Gasteiger partial charge in [0.15, 0.2) is 0 Å². The molecule has 0 aromatic rings. The van der Waals surface area contributed by atoms with Gasteiger partial charge in [-0.1, -0.05) is 26.0 Å². The maximum atomic E-state index is 12.3. The molecule has 1 fully saturated rings. The summed E-state index contributed by atoms with van der Waals surface area (Å²) in [5, 5.41) is 7.47. The minimum absolute atomic E-state index is 0.167. The Bertz CT molecular complexity index is 491. The lowest BCUT2D eigenvalue weighted by molar-refractivity contribution is -0.143. The number of amides is 4. The molecule has 0 radical (unpaired) electrons. The Morgan fingerprint density at radius 3 is 2.14 bits per heavy atom. The Morgan fingerprint density at radius 2 is 1.73 bits per heavy atom. The zero-order valence-electron chi connectivity index (χ0n) is 12.9. The van der Waals surface area contributed by atoms with E-state index in [2.05, 4.69) is 34.1 Å². The van der Waals surface area contributed by atoms with Crippen LogP contribution in [0.2, 0.25) is 0 Å². The number of nitrogens with zero attached hydrogens (tertiary/aromatic N) is 1. The maximum Gasteiger partial charge on any atom is 0.344 e. The van der Waals surface area contributed by atoms with E-state index in [-0.39, 0.29) is 24.7 Å². The summed E-state index contributed by atoms with van der Waals surface area (Å²) in [5.41, 5.74) is -1.29. The van der Waals surface area contributed by atoms with Crippen LogP contribution >= 0.6 is 0 Å². The lowest BCUT2D eigenvalue weighted by atomic mass is 9.78. The smallest absolute Gasteiger partial charge is 0.336 e. The van der Waals surface area contributed by atoms with E-state index in [0.717, 1.165) is 0 Å². The van der Waals surface area contributed by atoms with E-state index in [0.29, 0.717) is 6.54 Å². The van der Waals surface area contributed by atoms with Crippen LogP contribution in [0.3, 0.4) is 0 Å². The number of aliphatic imine (C=N–C) groups is 1. The monoisotopic (exact) mass is 306 g/mol. The lowest BCUT2D eigenvalue weighted by Crippen LogP contribution is -2.63. The van der Waals surface area contributed by atoms with E-state index < -0.39 is 23.3 Å². The normalized spacial score (nSPS) is 16.6. The van der Waals surface area contributed by atoms with Gasteiger partial charge < -0.3 is 5.32 Å². The number of allylic oxidation sites excluding steroid dienone is 2. The molecule has 0 unspecified atom stereocenters. The minimum atomic E-state index is -1.29. The average Bonchev–Trinajstić information content (AvgIpc) is 2.43. The van der Waals surface area contributed by atoms with Gasteiger partial charge in [0.05, 0.1) is 0 Å². The molecular weight excluding hydrogens is 284 g/mol. The molecule has 1 heterocycles. The first-order chi connectivity index (χ1) is 10.4. The highest BCUT2D eigenvalue weighted by Gasteiger charge is 2.47. The molecular formula is C15H22N4O3. The summed E-state index contributed by atoms with van der Waals surface area (Å²) < 4.78 is 0. The number of rotatable bonds is 6. The molecule has 0 aromatic carbocycles. The van der Waals surface area contributed by atoms with Gasteiger partial charge in [0, 0.05) is 6.54 Å². The Morgan fingerprint density at radius 1 is 1.23 bits per heavy atom. The third kappa shape index (κ3) is 4.03. The highest BCUT2D eigenvalue weighted by atomic mass is 16.2. The Kier molecular flexibility index (Phi) is 6.03. The fourth-order valence-electron chi connectivity index (χ4n) is 2.02. The first-order valence-corrected chi connectivity index (χ1v) is 7.07. The van der Waals surface area contributed by atoms with Gasteiger partial charge >= 0.3 is 6.03 Å². The van der Waals surface area contributed by atoms with Crippen molar-refractivity contribution in [1.82, 2.24) is 16.0 Å². The SMILES string of the molecule is C=CCC1(CC=C)C(=O)NC(=NC(=O)NCC(C)C)NC1=O. The van der Waals surface area contributed by atoms with E-state index in [1.165, 1.54) is 12.2 Å². The molecule has 0 saturated carbocycles. The molecule has 1 saturated heterocycles. The van der Waals surface area contributed by atoms with E-state index >= 15 is 0 Å². The van der Waals surface area contributed by atoms with E-state index in [1.807, 2.05) is 13.8 Å². The van der Waals surface area contributed by atoms with Crippen LogP contribution in [0.15, 0.2) is 30.3 Å². The summed E-state index contributed by atoms with van der Waals surface area (Å²) >= 11 is 0. The molecule has 120 valence electrons. The van der Waals surface area contributed by atoms with Crippen molar-refractivity contribution in [2.75, 3.05) is 6.54 Å². The van der Waals surface area contributed by atoms with Gasteiger partial charge in [0.1, 0.15) is 5.41 Å². The highest BCUT2D eigenvalue weighted by molar-refractivity contribution is 6.21. The third-order valence-electron chi connectivity index (χ3n) is 3.19. The van der Waals surface area contributed by atoms with E-state index in [9.17, 15) is 14.4 Å². The van der Waals surface area contributed by atoms with Crippen LogP contribution in [0.4, 0.5) is 4.79 Å². The van der Waals surface area contributed by atoms with Crippen LogP contribution in [-0.2, 0) is 9.59 Å². The second-order valence-corrected chi connectivity index (χ2v) is 5.52. The largest absolute Gasteiger partial charge is 0.344 e. The number of urea groups is 1. The van der Waals surface area contributed by atoms with Crippen LogP contribution in [0, 0.1) is 11.3 Å². The van der Waals surface area contributed by atoms with Crippen molar-refractivity contribution in [1.29, 1.82) is 0 Å². The summed E-state index contributed by atoms with van der Waals surface area (Å²) in [5.74, 6) is -0.939. The molecule has 3 N–H and O–H groups in total. The average molecular weight is 306 g/mol. The molecule has 0 spiro atoms. The van der Waals surface area contributed by atoms with Crippen molar-refractivity contribution >= 4 is 23.8 Å². The third-order valence-corrected chi connectivity index (χ3v) is 3.19. The number of hydrogen-bond acceptors (Lipinski definition) is 3. The fourth-order valence-corrected chi connectivity index (χ4v) is 2.02. The topological polar surface area (TPSA) is 99.7 Å². The predicted octanol–water partition coefficient (Wildman–Crippen LogP) is 1.09. The van der Waals surface area contributed by atoms with Gasteiger partial charge in [-0.3, -0.25) is 20.2 Å². The van der Waals surface area contributed by atoms with E-state index in [4.69, 9.17) is 0 Å². The van der Waals surface area contributed by atoms with Crippen molar-refractivity contribution in [2.24, 2.45) is 16.3 Å². The van der Waals surface area contributed by atoms with Crippen molar-refractivity contribution in [2.45, 2.75) is 26.7 Å². The zero-order valence-corrected chi connectivity index (χ0v) is 12.9. The second kappa shape index (κ2) is 7.53. The molecule has 1 rings (SSSR count). The number of nitrogens with one attached hydrogen (secondary N) is 3. The minimum Gasteiger partial charge on any atom is -0.336 e. The second-order valence-electron chi connectivity index (χ2n) is 5.52. The Balaban J connectivity index is 2.87. The van der Waals surface area contributed by atoms with Crippen molar-refractivity contribution in [3.63, 3.8) is 0 Å². The molecule has 7 heteroatoms. The summed E-state index contributed by atoms with van der Waals surface area (Å²) in [6.07, 6.45) is 3.34. The van der Waals surface area contributed by atoms with Crippen molar-refractivity contribution in [3.05, 3.63) is 25.3 Å². The predicted molar refractivity (Wildman–Crippen MR) is 84.0 cm³/mol. The van der Waals surface area contributed by atoms with Gasteiger partial charge in [-0.25, -0.2) is 4.79 Å². The molecule has 4 amide bonds. The van der Waals surface area contributed by atoms with Gasteiger partial charge in [-0.05, 0) is 18.8 Å². The van der Waals surface area contributed by atoms with Crippen LogP contribution in [0.25, 0.3) is 0 Å². The first kappa shape index (κ1) is 17.6. The molecule has 22 heavy (non-hydrogen) atoms. The first-order valence-electron chi connectivity index (χ1n) is 7.07. The summed E-state index contributed by atoms with van der Waals surface area (Å²) in [4.78, 5) is 39.8. The summed E-state index contributed by atoms with van der Waals surface area (Å²) in [6.45, 7) is 11.5. The highest BCUT2D eigenvalue weighted by Crippen LogP contribution is 2.30. The molecule has 1 aliphatic rings. The van der Waals surface area contributed by atoms with Crippen molar-refractivity contribution in [3.8, 4) is 0 Å². The van der Waals surface area contributed by atoms with Crippen LogP contribution in [0.1, 0.15) is 26.7 Å². The summed E-state index contributed by atoms with van der Waals surface area (Å²) in [6, 6.07) is -0.621.